The summed E-state index contributed by atoms with van der Waals surface area (Å²) >= 11 is 0. The maximum atomic E-state index is 12.8. The molecule has 0 radical (unpaired) electrons. The van der Waals surface area contributed by atoms with Gasteiger partial charge >= 0.3 is 0 Å². The van der Waals surface area contributed by atoms with Gasteiger partial charge in [0.1, 0.15) is 11.5 Å². The lowest BCUT2D eigenvalue weighted by molar-refractivity contribution is -0.147. The van der Waals surface area contributed by atoms with Crippen LogP contribution in [0.2, 0.25) is 0 Å². The Balaban J connectivity index is 1.90. The summed E-state index contributed by atoms with van der Waals surface area (Å²) in [6.07, 6.45) is -1.77. The number of Topliss-reactive ketones (excluding diaryl/α,β-unsaturated/α-hetero) is 3. The quantitative estimate of drug-likeness (QED) is 0.694. The number of fused-ring (bicyclic) bond motifs is 5. The maximum absolute atomic E-state index is 12.8. The van der Waals surface area contributed by atoms with Gasteiger partial charge in [-0.2, -0.15) is 0 Å². The van der Waals surface area contributed by atoms with Crippen LogP contribution in [0.25, 0.3) is 0 Å². The summed E-state index contributed by atoms with van der Waals surface area (Å²) in [5.41, 5.74) is 1.42. The van der Waals surface area contributed by atoms with Crippen molar-refractivity contribution in [2.75, 3.05) is 11.9 Å². The van der Waals surface area contributed by atoms with Crippen LogP contribution in [-0.2, 0) is 19.8 Å². The number of nitrogens with one attached hydrogen (secondary N) is 1. The number of anilines is 1. The molecule has 2 N–H and O–H groups in total. The lowest BCUT2D eigenvalue weighted by atomic mass is 9.64. The van der Waals surface area contributed by atoms with Crippen molar-refractivity contribution in [1.29, 1.82) is 0 Å². The molecule has 0 amide bonds. The van der Waals surface area contributed by atoms with Gasteiger partial charge in [0.15, 0.2) is 6.10 Å². The highest BCUT2D eigenvalue weighted by Gasteiger charge is 2.57. The van der Waals surface area contributed by atoms with Crippen LogP contribution in [0.1, 0.15) is 11.1 Å². The Hall–Kier alpha value is -3.25. The van der Waals surface area contributed by atoms with Gasteiger partial charge < -0.3 is 15.2 Å². The third-order valence-corrected chi connectivity index (χ3v) is 5.32. The van der Waals surface area contributed by atoms with Crippen molar-refractivity contribution in [3.05, 3.63) is 71.0 Å². The van der Waals surface area contributed by atoms with Crippen LogP contribution in [0.4, 0.5) is 5.69 Å². The Bertz CT molecular complexity index is 1050. The molecule has 0 aromatic heterocycles. The predicted molar refractivity (Wildman–Crippen MR) is 90.8 cm³/mol. The molecule has 5 rings (SSSR count). The van der Waals surface area contributed by atoms with E-state index in [4.69, 9.17) is 4.74 Å². The average Bonchev–Trinajstić information content (AvgIpc) is 3.05. The van der Waals surface area contributed by atoms with Crippen molar-refractivity contribution < 1.29 is 24.2 Å². The average molecular weight is 347 g/mol. The molecule has 2 aromatic carbocycles. The molecule has 0 bridgehead atoms. The van der Waals surface area contributed by atoms with Crippen molar-refractivity contribution >= 4 is 23.0 Å². The second kappa shape index (κ2) is 4.89. The number of carbonyl (C=O) groups excluding carboxylic acids is 3. The van der Waals surface area contributed by atoms with E-state index in [-0.39, 0.29) is 11.3 Å². The van der Waals surface area contributed by atoms with E-state index in [0.717, 1.165) is 16.8 Å². The van der Waals surface area contributed by atoms with E-state index < -0.39 is 28.9 Å². The number of aliphatic hydroxyl groups is 1. The number of hydrogen-bond acceptors (Lipinski definition) is 6. The second-order valence-corrected chi connectivity index (χ2v) is 6.57. The third-order valence-electron chi connectivity index (χ3n) is 5.32. The summed E-state index contributed by atoms with van der Waals surface area (Å²) in [4.78, 5) is 37.0. The highest BCUT2D eigenvalue weighted by molar-refractivity contribution is 6.69. The summed E-state index contributed by atoms with van der Waals surface area (Å²) < 4.78 is 5.75. The molecule has 6 nitrogen and oxygen atoms in total. The van der Waals surface area contributed by atoms with Gasteiger partial charge in [0, 0.05) is 17.8 Å². The smallest absolute Gasteiger partial charge is 0.272 e. The van der Waals surface area contributed by atoms with Gasteiger partial charge in [-0.1, -0.05) is 36.4 Å². The minimum Gasteiger partial charge on any atom is -0.458 e. The van der Waals surface area contributed by atoms with Gasteiger partial charge in [0.05, 0.1) is 11.0 Å². The normalized spacial score (nSPS) is 26.2. The zero-order valence-electron chi connectivity index (χ0n) is 13.5. The topological polar surface area (TPSA) is 92.7 Å². The highest BCUT2D eigenvalue weighted by Crippen LogP contribution is 2.54. The molecular formula is C20H13NO5. The van der Waals surface area contributed by atoms with Crippen LogP contribution in [0.3, 0.4) is 0 Å². The van der Waals surface area contributed by atoms with Crippen LogP contribution in [0.15, 0.2) is 59.9 Å². The number of ether oxygens (including phenoxy) is 1. The Morgan fingerprint density at radius 1 is 0.962 bits per heavy atom. The Morgan fingerprint density at radius 2 is 1.65 bits per heavy atom. The molecule has 128 valence electrons. The first kappa shape index (κ1) is 15.0. The van der Waals surface area contributed by atoms with Crippen molar-refractivity contribution in [2.24, 2.45) is 0 Å². The van der Waals surface area contributed by atoms with Crippen LogP contribution in [0, 0.1) is 0 Å². The fourth-order valence-electron chi connectivity index (χ4n) is 4.19. The number of rotatable bonds is 0. The van der Waals surface area contributed by atoms with E-state index in [1.54, 1.807) is 12.1 Å². The first-order chi connectivity index (χ1) is 12.6. The Morgan fingerprint density at radius 3 is 2.46 bits per heavy atom. The van der Waals surface area contributed by atoms with Gasteiger partial charge in [0.2, 0.25) is 11.6 Å². The number of carbonyl (C=O) groups is 3. The number of para-hydroxylation sites is 2. The summed E-state index contributed by atoms with van der Waals surface area (Å²) in [6, 6.07) is 14.6. The first-order valence-electron chi connectivity index (χ1n) is 8.22. The van der Waals surface area contributed by atoms with E-state index in [9.17, 15) is 19.5 Å². The molecule has 0 fully saturated rings. The molecular weight excluding hydrogens is 334 g/mol. The van der Waals surface area contributed by atoms with Crippen LogP contribution >= 0.6 is 0 Å². The molecule has 2 unspecified atom stereocenters. The summed E-state index contributed by atoms with van der Waals surface area (Å²) in [6.45, 7) is 0.325. The summed E-state index contributed by atoms with van der Waals surface area (Å²) in [7, 11) is 0. The van der Waals surface area contributed by atoms with Crippen molar-refractivity contribution in [3.8, 4) is 5.75 Å². The molecule has 26 heavy (non-hydrogen) atoms. The lowest BCUT2D eigenvalue weighted by Gasteiger charge is -2.40. The van der Waals surface area contributed by atoms with Crippen molar-refractivity contribution in [1.82, 2.24) is 0 Å². The van der Waals surface area contributed by atoms with Gasteiger partial charge in [-0.05, 0) is 17.7 Å². The number of ketones is 3. The molecule has 2 aromatic rings. The van der Waals surface area contributed by atoms with Crippen molar-refractivity contribution in [2.45, 2.75) is 11.5 Å². The zero-order valence-corrected chi connectivity index (χ0v) is 13.5. The standard InChI is InChI=1S/C20H13NO5/c22-15-14-19(18(25)17(24)16(15)23)26-13-8-4-2-6-11(13)20(14)9-21-12-7-3-1-5-10(12)20/h1-8,18,21,25H,9H2. The van der Waals surface area contributed by atoms with Crippen LogP contribution in [-0.4, -0.2) is 35.1 Å². The molecule has 2 aliphatic heterocycles. The fourth-order valence-corrected chi connectivity index (χ4v) is 4.19. The first-order valence-corrected chi connectivity index (χ1v) is 8.22. The van der Waals surface area contributed by atoms with E-state index in [1.165, 1.54) is 0 Å². The van der Waals surface area contributed by atoms with Crippen LogP contribution < -0.4 is 10.1 Å². The zero-order chi connectivity index (χ0) is 18.1. The number of aliphatic hydroxyl groups excluding tert-OH is 1. The Kier molecular flexibility index (Phi) is 2.83. The van der Waals surface area contributed by atoms with E-state index in [0.29, 0.717) is 12.3 Å². The van der Waals surface area contributed by atoms with E-state index in [1.807, 2.05) is 36.4 Å². The SMILES string of the molecule is O=C1C(=O)C2=C(Oc3ccccc3C23CNc2ccccc23)C(O)C1=O. The molecule has 1 aliphatic carbocycles. The molecule has 6 heteroatoms. The summed E-state index contributed by atoms with van der Waals surface area (Å²) in [5.74, 6) is -2.95. The summed E-state index contributed by atoms with van der Waals surface area (Å²) in [5, 5.41) is 13.6. The number of benzene rings is 2. The minimum atomic E-state index is -1.77. The van der Waals surface area contributed by atoms with E-state index >= 15 is 0 Å². The molecule has 0 saturated heterocycles. The number of hydrogen-bond donors (Lipinski definition) is 2. The highest BCUT2D eigenvalue weighted by atomic mass is 16.5. The monoisotopic (exact) mass is 347 g/mol. The van der Waals surface area contributed by atoms with Crippen molar-refractivity contribution in [3.63, 3.8) is 0 Å². The molecule has 0 saturated carbocycles. The molecule has 1 spiro atoms. The predicted octanol–water partition coefficient (Wildman–Crippen LogP) is 1.13. The van der Waals surface area contributed by atoms with Gasteiger partial charge in [0.25, 0.3) is 5.78 Å². The minimum absolute atomic E-state index is 0.0470. The third kappa shape index (κ3) is 1.62. The lowest BCUT2D eigenvalue weighted by Crippen LogP contribution is -2.51. The molecule has 2 atom stereocenters. The van der Waals surface area contributed by atoms with Gasteiger partial charge in [-0.3, -0.25) is 14.4 Å². The van der Waals surface area contributed by atoms with Gasteiger partial charge in [-0.15, -0.1) is 0 Å². The second-order valence-electron chi connectivity index (χ2n) is 6.57. The Labute approximate surface area is 148 Å². The maximum Gasteiger partial charge on any atom is 0.272 e. The fraction of sp³-hybridized carbons (Fsp3) is 0.150. The molecule has 3 aliphatic rings. The largest absolute Gasteiger partial charge is 0.458 e. The van der Waals surface area contributed by atoms with E-state index in [2.05, 4.69) is 5.32 Å². The van der Waals surface area contributed by atoms with Crippen LogP contribution in [0.5, 0.6) is 5.75 Å². The van der Waals surface area contributed by atoms with Gasteiger partial charge in [-0.25, -0.2) is 0 Å². The molecule has 2 heterocycles.